The molecule has 2 atom stereocenters. The highest BCUT2D eigenvalue weighted by Crippen LogP contribution is 2.30. The molecule has 2 rings (SSSR count). The van der Waals surface area contributed by atoms with Gasteiger partial charge in [0.05, 0.1) is 6.10 Å². The molecular weight excluding hydrogens is 200 g/mol. The lowest BCUT2D eigenvalue weighted by Crippen LogP contribution is -2.26. The summed E-state index contributed by atoms with van der Waals surface area (Å²) in [6.45, 7) is 6.22. The lowest BCUT2D eigenvalue weighted by atomic mass is 10.1. The Morgan fingerprint density at radius 3 is 2.25 bits per heavy atom. The van der Waals surface area contributed by atoms with Crippen LogP contribution in [0.25, 0.3) is 0 Å². The van der Waals surface area contributed by atoms with E-state index in [1.165, 1.54) is 5.56 Å². The minimum atomic E-state index is -0.292. The zero-order chi connectivity index (χ0) is 11.7. The van der Waals surface area contributed by atoms with Gasteiger partial charge in [0, 0.05) is 0 Å². The van der Waals surface area contributed by atoms with Crippen LogP contribution < -0.4 is 4.74 Å². The van der Waals surface area contributed by atoms with Crippen molar-refractivity contribution in [2.75, 3.05) is 0 Å². The van der Waals surface area contributed by atoms with Crippen molar-refractivity contribution >= 4 is 0 Å². The predicted molar refractivity (Wildman–Crippen MR) is 64.9 cm³/mol. The first kappa shape index (κ1) is 11.5. The van der Waals surface area contributed by atoms with Crippen LogP contribution in [0.4, 0.5) is 0 Å². The number of aliphatic hydroxyl groups is 1. The Morgan fingerprint density at radius 1 is 1.12 bits per heavy atom. The number of rotatable bonds is 2. The molecule has 1 aliphatic rings. The second-order valence-electron chi connectivity index (χ2n) is 4.88. The molecule has 1 fully saturated rings. The normalized spacial score (nSPS) is 24.8. The van der Waals surface area contributed by atoms with E-state index in [9.17, 15) is 5.11 Å². The fourth-order valence-electron chi connectivity index (χ4n) is 2.55. The van der Waals surface area contributed by atoms with Gasteiger partial charge in [0.1, 0.15) is 11.9 Å². The maximum Gasteiger partial charge on any atom is 0.125 e. The summed E-state index contributed by atoms with van der Waals surface area (Å²) in [7, 11) is 0. The Balaban J connectivity index is 2.21. The van der Waals surface area contributed by atoms with E-state index in [0.717, 1.165) is 36.1 Å². The summed E-state index contributed by atoms with van der Waals surface area (Å²) in [5, 5.41) is 9.76. The van der Waals surface area contributed by atoms with Gasteiger partial charge in [0.2, 0.25) is 0 Å². The summed E-state index contributed by atoms with van der Waals surface area (Å²) < 4.78 is 5.95. The molecule has 0 unspecified atom stereocenters. The van der Waals surface area contributed by atoms with Crippen LogP contribution in [-0.4, -0.2) is 17.3 Å². The molecule has 16 heavy (non-hydrogen) atoms. The maximum atomic E-state index is 9.76. The van der Waals surface area contributed by atoms with Crippen molar-refractivity contribution in [2.45, 2.75) is 52.2 Å². The maximum absolute atomic E-state index is 9.76. The van der Waals surface area contributed by atoms with Crippen molar-refractivity contribution in [2.24, 2.45) is 0 Å². The summed E-state index contributed by atoms with van der Waals surface area (Å²) in [4.78, 5) is 0. The Morgan fingerprint density at radius 2 is 1.75 bits per heavy atom. The van der Waals surface area contributed by atoms with Gasteiger partial charge in [-0.05, 0) is 51.2 Å². The Bertz CT molecular complexity index is 361. The van der Waals surface area contributed by atoms with Gasteiger partial charge in [-0.3, -0.25) is 0 Å². The van der Waals surface area contributed by atoms with Crippen molar-refractivity contribution in [1.82, 2.24) is 0 Å². The average Bonchev–Trinajstić information content (AvgIpc) is 2.57. The van der Waals surface area contributed by atoms with Crippen LogP contribution in [-0.2, 0) is 0 Å². The van der Waals surface area contributed by atoms with Crippen LogP contribution in [0.5, 0.6) is 5.75 Å². The van der Waals surface area contributed by atoms with Gasteiger partial charge < -0.3 is 9.84 Å². The molecule has 2 heteroatoms. The van der Waals surface area contributed by atoms with Crippen LogP contribution in [0.15, 0.2) is 12.1 Å². The third-order valence-corrected chi connectivity index (χ3v) is 3.29. The van der Waals surface area contributed by atoms with E-state index in [1.807, 2.05) is 0 Å². The van der Waals surface area contributed by atoms with E-state index >= 15 is 0 Å². The smallest absolute Gasteiger partial charge is 0.125 e. The van der Waals surface area contributed by atoms with Gasteiger partial charge in [-0.1, -0.05) is 17.7 Å². The summed E-state index contributed by atoms with van der Waals surface area (Å²) in [5.41, 5.74) is 3.59. The van der Waals surface area contributed by atoms with Gasteiger partial charge >= 0.3 is 0 Å². The largest absolute Gasteiger partial charge is 0.487 e. The monoisotopic (exact) mass is 220 g/mol. The standard InChI is InChI=1S/C14H20O2/c1-9-7-10(2)14(11(3)8-9)16-13-6-4-5-12(13)15/h7-8,12-13,15H,4-6H2,1-3H3/t12-,13-/m0/s1. The van der Waals surface area contributed by atoms with Gasteiger partial charge in [0.25, 0.3) is 0 Å². The van der Waals surface area contributed by atoms with Crippen molar-refractivity contribution in [3.05, 3.63) is 28.8 Å². The Kier molecular flexibility index (Phi) is 3.20. The molecule has 2 nitrogen and oxygen atoms in total. The number of aliphatic hydroxyl groups excluding tert-OH is 1. The zero-order valence-electron chi connectivity index (χ0n) is 10.3. The molecule has 0 saturated heterocycles. The third-order valence-electron chi connectivity index (χ3n) is 3.29. The van der Waals surface area contributed by atoms with Crippen molar-refractivity contribution in [3.63, 3.8) is 0 Å². The number of ether oxygens (including phenoxy) is 1. The number of hydrogen-bond donors (Lipinski definition) is 1. The Hall–Kier alpha value is -1.02. The molecule has 0 bridgehead atoms. The summed E-state index contributed by atoms with van der Waals surface area (Å²) >= 11 is 0. The molecule has 0 heterocycles. The quantitative estimate of drug-likeness (QED) is 0.830. The molecule has 0 amide bonds. The fraction of sp³-hybridized carbons (Fsp3) is 0.571. The highest BCUT2D eigenvalue weighted by Gasteiger charge is 2.27. The van der Waals surface area contributed by atoms with E-state index in [-0.39, 0.29) is 12.2 Å². The molecule has 0 radical (unpaired) electrons. The van der Waals surface area contributed by atoms with Gasteiger partial charge in [0.15, 0.2) is 0 Å². The zero-order valence-corrected chi connectivity index (χ0v) is 10.3. The summed E-state index contributed by atoms with van der Waals surface area (Å²) in [5.74, 6) is 0.955. The molecule has 1 aromatic rings. The highest BCUT2D eigenvalue weighted by atomic mass is 16.5. The van der Waals surface area contributed by atoms with Gasteiger partial charge in [-0.15, -0.1) is 0 Å². The van der Waals surface area contributed by atoms with E-state index in [1.54, 1.807) is 0 Å². The molecule has 0 aromatic heterocycles. The first-order valence-electron chi connectivity index (χ1n) is 6.00. The van der Waals surface area contributed by atoms with Crippen LogP contribution in [0.3, 0.4) is 0 Å². The highest BCUT2D eigenvalue weighted by molar-refractivity contribution is 5.43. The fourth-order valence-corrected chi connectivity index (χ4v) is 2.55. The van der Waals surface area contributed by atoms with Crippen LogP contribution >= 0.6 is 0 Å². The minimum absolute atomic E-state index is 0.0138. The molecule has 1 saturated carbocycles. The second kappa shape index (κ2) is 4.46. The van der Waals surface area contributed by atoms with Crippen LogP contribution in [0.2, 0.25) is 0 Å². The second-order valence-corrected chi connectivity index (χ2v) is 4.88. The lowest BCUT2D eigenvalue weighted by Gasteiger charge is -2.20. The molecule has 1 aromatic carbocycles. The summed E-state index contributed by atoms with van der Waals surface area (Å²) in [6, 6.07) is 4.26. The number of hydrogen-bond acceptors (Lipinski definition) is 2. The SMILES string of the molecule is Cc1cc(C)c(O[C@H]2CCC[C@@H]2O)c(C)c1. The topological polar surface area (TPSA) is 29.5 Å². The van der Waals surface area contributed by atoms with E-state index in [4.69, 9.17) is 4.74 Å². The number of benzene rings is 1. The van der Waals surface area contributed by atoms with Crippen molar-refractivity contribution in [1.29, 1.82) is 0 Å². The van der Waals surface area contributed by atoms with Crippen molar-refractivity contribution < 1.29 is 9.84 Å². The van der Waals surface area contributed by atoms with Crippen LogP contribution in [0.1, 0.15) is 36.0 Å². The van der Waals surface area contributed by atoms with E-state index in [2.05, 4.69) is 32.9 Å². The van der Waals surface area contributed by atoms with E-state index in [0.29, 0.717) is 0 Å². The first-order valence-corrected chi connectivity index (χ1v) is 6.00. The molecular formula is C14H20O2. The van der Waals surface area contributed by atoms with Gasteiger partial charge in [-0.25, -0.2) is 0 Å². The molecule has 1 aliphatic carbocycles. The predicted octanol–water partition coefficient (Wildman–Crippen LogP) is 2.90. The Labute approximate surface area is 97.3 Å². The van der Waals surface area contributed by atoms with Gasteiger partial charge in [-0.2, -0.15) is 0 Å². The van der Waals surface area contributed by atoms with Crippen LogP contribution in [0, 0.1) is 20.8 Å². The van der Waals surface area contributed by atoms with Crippen molar-refractivity contribution in [3.8, 4) is 5.75 Å². The molecule has 0 spiro atoms. The average molecular weight is 220 g/mol. The summed E-state index contributed by atoms with van der Waals surface area (Å²) in [6.07, 6.45) is 2.60. The van der Waals surface area contributed by atoms with E-state index < -0.39 is 0 Å². The first-order chi connectivity index (χ1) is 7.58. The molecule has 1 N–H and O–H groups in total. The molecule has 88 valence electrons. The minimum Gasteiger partial charge on any atom is -0.487 e. The molecule has 0 aliphatic heterocycles. The third kappa shape index (κ3) is 2.22. The lowest BCUT2D eigenvalue weighted by molar-refractivity contribution is 0.0595. The number of aryl methyl sites for hydroxylation is 3.